The van der Waals surface area contributed by atoms with E-state index in [1.54, 1.807) is 5.48 Å². The molecule has 4 heteroatoms. The summed E-state index contributed by atoms with van der Waals surface area (Å²) in [5.41, 5.74) is 2.43. The minimum absolute atomic E-state index is 0.178. The normalized spacial score (nSPS) is 9.50. The predicted molar refractivity (Wildman–Crippen MR) is 47.8 cm³/mol. The molecule has 0 atom stereocenters. The molecule has 2 N–H and O–H groups in total. The topological polar surface area (TPSA) is 49.3 Å². The van der Waals surface area contributed by atoms with E-state index < -0.39 is 5.91 Å². The number of hydrogen-bond donors (Lipinski definition) is 2. The van der Waals surface area contributed by atoms with Gasteiger partial charge in [0.2, 0.25) is 5.91 Å². The number of carbonyl (C=O) groups is 1. The maximum atomic E-state index is 10.8. The summed E-state index contributed by atoms with van der Waals surface area (Å²) in [7, 11) is 0. The van der Waals surface area contributed by atoms with Gasteiger partial charge in [-0.25, -0.2) is 5.48 Å². The highest BCUT2D eigenvalue weighted by Crippen LogP contribution is 2.15. The third kappa shape index (κ3) is 2.32. The molecule has 1 rings (SSSR count). The number of benzene rings is 1. The van der Waals surface area contributed by atoms with E-state index in [1.165, 1.54) is 0 Å². The third-order valence-electron chi connectivity index (χ3n) is 1.43. The molecule has 1 aromatic rings. The first-order valence-corrected chi connectivity index (χ1v) is 4.19. The number of nitrogens with one attached hydrogen (secondary N) is 1. The fourth-order valence-electron chi connectivity index (χ4n) is 0.854. The summed E-state index contributed by atoms with van der Waals surface area (Å²) < 4.78 is 0.869. The van der Waals surface area contributed by atoms with Gasteiger partial charge >= 0.3 is 0 Å². The molecular weight excluding hydrogens is 222 g/mol. The Morgan fingerprint density at radius 3 is 2.75 bits per heavy atom. The van der Waals surface area contributed by atoms with Gasteiger partial charge in [-0.3, -0.25) is 10.0 Å². The van der Waals surface area contributed by atoms with Gasteiger partial charge in [-0.15, -0.1) is 0 Å². The smallest absolute Gasteiger partial charge is 0.247 e. The highest BCUT2D eigenvalue weighted by atomic mass is 79.9. The molecule has 0 unspecified atom stereocenters. The molecular formula is C8H8BrNO2. The van der Waals surface area contributed by atoms with Crippen LogP contribution in [-0.2, 0) is 11.2 Å². The number of rotatable bonds is 2. The number of carbonyl (C=O) groups excluding carboxylic acids is 1. The van der Waals surface area contributed by atoms with Crippen LogP contribution < -0.4 is 5.48 Å². The molecule has 0 aliphatic carbocycles. The second-order valence-electron chi connectivity index (χ2n) is 2.30. The van der Waals surface area contributed by atoms with Gasteiger partial charge in [-0.05, 0) is 11.6 Å². The van der Waals surface area contributed by atoms with Crippen molar-refractivity contribution in [3.63, 3.8) is 0 Å². The summed E-state index contributed by atoms with van der Waals surface area (Å²) in [6, 6.07) is 7.37. The van der Waals surface area contributed by atoms with Crippen LogP contribution in [0.2, 0.25) is 0 Å². The number of amides is 1. The predicted octanol–water partition coefficient (Wildman–Crippen LogP) is 1.50. The van der Waals surface area contributed by atoms with Crippen LogP contribution in [0.4, 0.5) is 0 Å². The van der Waals surface area contributed by atoms with Crippen molar-refractivity contribution in [2.75, 3.05) is 0 Å². The van der Waals surface area contributed by atoms with Crippen molar-refractivity contribution in [3.8, 4) is 0 Å². The molecule has 1 amide bonds. The number of hydroxylamine groups is 1. The van der Waals surface area contributed by atoms with Crippen molar-refractivity contribution in [1.82, 2.24) is 5.48 Å². The molecule has 0 fully saturated rings. The fraction of sp³-hybridized carbons (Fsp3) is 0.125. The Morgan fingerprint density at radius 2 is 2.17 bits per heavy atom. The highest BCUT2D eigenvalue weighted by Gasteiger charge is 2.03. The van der Waals surface area contributed by atoms with E-state index in [0.29, 0.717) is 0 Å². The van der Waals surface area contributed by atoms with Crippen LogP contribution in [0.15, 0.2) is 28.7 Å². The van der Waals surface area contributed by atoms with Crippen LogP contribution in [0.5, 0.6) is 0 Å². The number of hydrogen-bond acceptors (Lipinski definition) is 2. The molecule has 12 heavy (non-hydrogen) atoms. The molecule has 0 aromatic heterocycles. The average molecular weight is 230 g/mol. The molecule has 0 radical (unpaired) electrons. The molecule has 64 valence electrons. The van der Waals surface area contributed by atoms with E-state index in [0.717, 1.165) is 10.0 Å². The van der Waals surface area contributed by atoms with Crippen molar-refractivity contribution in [2.45, 2.75) is 6.42 Å². The molecule has 0 saturated carbocycles. The minimum Gasteiger partial charge on any atom is -0.289 e. The average Bonchev–Trinajstić information content (AvgIpc) is 2.09. The van der Waals surface area contributed by atoms with Crippen molar-refractivity contribution in [1.29, 1.82) is 0 Å². The van der Waals surface area contributed by atoms with E-state index in [9.17, 15) is 4.79 Å². The molecule has 0 aliphatic rings. The Hall–Kier alpha value is -0.870. The molecule has 0 bridgehead atoms. The maximum absolute atomic E-state index is 10.8. The van der Waals surface area contributed by atoms with E-state index in [-0.39, 0.29) is 6.42 Å². The lowest BCUT2D eigenvalue weighted by atomic mass is 10.1. The first kappa shape index (κ1) is 9.22. The Morgan fingerprint density at radius 1 is 1.50 bits per heavy atom. The van der Waals surface area contributed by atoms with Crippen LogP contribution in [0.1, 0.15) is 5.56 Å². The summed E-state index contributed by atoms with van der Waals surface area (Å²) >= 11 is 3.29. The molecule has 3 nitrogen and oxygen atoms in total. The summed E-state index contributed by atoms with van der Waals surface area (Å²) in [5.74, 6) is -0.415. The zero-order valence-corrected chi connectivity index (χ0v) is 7.84. The van der Waals surface area contributed by atoms with Gasteiger partial charge in [0.05, 0.1) is 6.42 Å². The van der Waals surface area contributed by atoms with Gasteiger partial charge in [-0.1, -0.05) is 34.1 Å². The Labute approximate surface area is 78.5 Å². The van der Waals surface area contributed by atoms with Crippen LogP contribution in [-0.4, -0.2) is 11.1 Å². The lowest BCUT2D eigenvalue weighted by Crippen LogP contribution is -2.20. The minimum atomic E-state index is -0.415. The molecule has 0 saturated heterocycles. The van der Waals surface area contributed by atoms with Crippen molar-refractivity contribution >= 4 is 21.8 Å². The van der Waals surface area contributed by atoms with Crippen LogP contribution >= 0.6 is 15.9 Å². The van der Waals surface area contributed by atoms with E-state index >= 15 is 0 Å². The van der Waals surface area contributed by atoms with Crippen molar-refractivity contribution < 1.29 is 10.0 Å². The molecule has 0 heterocycles. The van der Waals surface area contributed by atoms with E-state index in [2.05, 4.69) is 15.9 Å². The van der Waals surface area contributed by atoms with Gasteiger partial charge in [-0.2, -0.15) is 0 Å². The second-order valence-corrected chi connectivity index (χ2v) is 3.16. The number of halogens is 1. The summed E-state index contributed by atoms with van der Waals surface area (Å²) in [6.45, 7) is 0. The first-order valence-electron chi connectivity index (χ1n) is 3.40. The molecule has 0 spiro atoms. The van der Waals surface area contributed by atoms with E-state index in [1.807, 2.05) is 24.3 Å². The van der Waals surface area contributed by atoms with Crippen LogP contribution in [0.25, 0.3) is 0 Å². The van der Waals surface area contributed by atoms with Crippen LogP contribution in [0.3, 0.4) is 0 Å². The lowest BCUT2D eigenvalue weighted by Gasteiger charge is -2.01. The van der Waals surface area contributed by atoms with Gasteiger partial charge in [0, 0.05) is 4.47 Å². The zero-order chi connectivity index (χ0) is 8.97. The largest absolute Gasteiger partial charge is 0.289 e. The second kappa shape index (κ2) is 4.23. The van der Waals surface area contributed by atoms with Gasteiger partial charge in [0.25, 0.3) is 0 Å². The van der Waals surface area contributed by atoms with Crippen LogP contribution in [0, 0.1) is 0 Å². The van der Waals surface area contributed by atoms with Crippen molar-refractivity contribution in [3.05, 3.63) is 34.3 Å². The lowest BCUT2D eigenvalue weighted by molar-refractivity contribution is -0.128. The zero-order valence-electron chi connectivity index (χ0n) is 6.25. The first-order chi connectivity index (χ1) is 5.74. The Bertz CT molecular complexity index is 288. The molecule has 1 aromatic carbocycles. The third-order valence-corrected chi connectivity index (χ3v) is 2.21. The summed E-state index contributed by atoms with van der Waals surface area (Å²) in [4.78, 5) is 10.8. The summed E-state index contributed by atoms with van der Waals surface area (Å²) in [6.07, 6.45) is 0.178. The van der Waals surface area contributed by atoms with Crippen molar-refractivity contribution in [2.24, 2.45) is 0 Å². The standard InChI is InChI=1S/C8H8BrNO2/c9-7-4-2-1-3-6(7)5-8(11)10-12/h1-4,12H,5H2,(H,10,11). The Balaban J connectivity index is 2.75. The summed E-state index contributed by atoms with van der Waals surface area (Å²) in [5, 5.41) is 8.27. The van der Waals surface area contributed by atoms with Gasteiger partial charge in [0.15, 0.2) is 0 Å². The van der Waals surface area contributed by atoms with Gasteiger partial charge < -0.3 is 0 Å². The maximum Gasteiger partial charge on any atom is 0.247 e. The Kier molecular flexibility index (Phi) is 3.25. The monoisotopic (exact) mass is 229 g/mol. The molecule has 0 aliphatic heterocycles. The van der Waals surface area contributed by atoms with Gasteiger partial charge in [0.1, 0.15) is 0 Å². The highest BCUT2D eigenvalue weighted by molar-refractivity contribution is 9.10. The SMILES string of the molecule is O=C(Cc1ccccc1Br)NO. The fourth-order valence-corrected chi connectivity index (χ4v) is 1.28. The van der Waals surface area contributed by atoms with E-state index in [4.69, 9.17) is 5.21 Å². The quantitative estimate of drug-likeness (QED) is 0.597.